The summed E-state index contributed by atoms with van der Waals surface area (Å²) in [5, 5.41) is 0. The van der Waals surface area contributed by atoms with Gasteiger partial charge in [0.05, 0.1) is 0 Å². The van der Waals surface area contributed by atoms with Gasteiger partial charge in [0.15, 0.2) is 5.96 Å². The molecule has 0 amide bonds. The molecule has 20 heavy (non-hydrogen) atoms. The summed E-state index contributed by atoms with van der Waals surface area (Å²) in [6.07, 6.45) is 7.75. The predicted octanol–water partition coefficient (Wildman–Crippen LogP) is 2.55. The summed E-state index contributed by atoms with van der Waals surface area (Å²) in [6.45, 7) is 4.07. The summed E-state index contributed by atoms with van der Waals surface area (Å²) >= 11 is 0. The third-order valence-electron chi connectivity index (χ3n) is 3.71. The Labute approximate surface area is 119 Å². The van der Waals surface area contributed by atoms with E-state index >= 15 is 0 Å². The van der Waals surface area contributed by atoms with Gasteiger partial charge in [0, 0.05) is 13.1 Å². The van der Waals surface area contributed by atoms with Gasteiger partial charge in [0.2, 0.25) is 0 Å². The molecular weight excluding hydrogens is 253 g/mol. The Balaban J connectivity index is 2.10. The first-order valence-electron chi connectivity index (χ1n) is 6.90. The third kappa shape index (κ3) is 3.51. The van der Waals surface area contributed by atoms with Gasteiger partial charge in [0.25, 0.3) is 0 Å². The lowest BCUT2D eigenvalue weighted by Crippen LogP contribution is -2.42. The fourth-order valence-electron chi connectivity index (χ4n) is 2.30. The molecule has 106 valence electrons. The van der Waals surface area contributed by atoms with Gasteiger partial charge in [-0.3, -0.25) is 0 Å². The minimum Gasteiger partial charge on any atom is -0.370 e. The van der Waals surface area contributed by atoms with Gasteiger partial charge in [-0.15, -0.1) is 6.42 Å². The molecule has 1 fully saturated rings. The van der Waals surface area contributed by atoms with E-state index in [0.29, 0.717) is 5.96 Å². The SMILES string of the molecule is C#CC(N=C(N)N1CCC(C)CC1)c1ccc(F)cc1. The summed E-state index contributed by atoms with van der Waals surface area (Å²) in [7, 11) is 0. The molecule has 0 spiro atoms. The molecule has 1 heterocycles. The molecule has 1 atom stereocenters. The summed E-state index contributed by atoms with van der Waals surface area (Å²) in [4.78, 5) is 6.47. The van der Waals surface area contributed by atoms with Gasteiger partial charge < -0.3 is 10.6 Å². The first-order chi connectivity index (χ1) is 9.60. The van der Waals surface area contributed by atoms with E-state index in [-0.39, 0.29) is 5.82 Å². The van der Waals surface area contributed by atoms with Crippen molar-refractivity contribution in [3.63, 3.8) is 0 Å². The smallest absolute Gasteiger partial charge is 0.192 e. The molecule has 1 aromatic rings. The Morgan fingerprint density at radius 1 is 1.40 bits per heavy atom. The highest BCUT2D eigenvalue weighted by Gasteiger charge is 2.18. The number of nitrogens with two attached hydrogens (primary N) is 1. The van der Waals surface area contributed by atoms with Crippen LogP contribution in [0.2, 0.25) is 0 Å². The van der Waals surface area contributed by atoms with Crippen molar-refractivity contribution in [1.29, 1.82) is 0 Å². The van der Waals surface area contributed by atoms with Gasteiger partial charge in [-0.05, 0) is 36.5 Å². The van der Waals surface area contributed by atoms with Gasteiger partial charge in [-0.25, -0.2) is 9.38 Å². The Morgan fingerprint density at radius 2 is 2.00 bits per heavy atom. The van der Waals surface area contributed by atoms with Gasteiger partial charge in [-0.1, -0.05) is 25.0 Å². The standard InChI is InChI=1S/C16H20FN3/c1-3-15(13-4-6-14(17)7-5-13)19-16(18)20-10-8-12(2)9-11-20/h1,4-7,12,15H,8-11H2,2H3,(H2,18,19). The van der Waals surface area contributed by atoms with Crippen LogP contribution in [0.4, 0.5) is 4.39 Å². The lowest BCUT2D eigenvalue weighted by Gasteiger charge is -2.31. The van der Waals surface area contributed by atoms with Crippen LogP contribution in [0, 0.1) is 24.1 Å². The third-order valence-corrected chi connectivity index (χ3v) is 3.71. The quantitative estimate of drug-likeness (QED) is 0.511. The van der Waals surface area contributed by atoms with Crippen molar-refractivity contribution in [2.75, 3.05) is 13.1 Å². The number of piperidine rings is 1. The largest absolute Gasteiger partial charge is 0.370 e. The number of benzene rings is 1. The molecule has 2 rings (SSSR count). The number of hydrogen-bond acceptors (Lipinski definition) is 1. The van der Waals surface area contributed by atoms with E-state index in [1.165, 1.54) is 12.1 Å². The Bertz CT molecular complexity index is 508. The van der Waals surface area contributed by atoms with E-state index in [9.17, 15) is 4.39 Å². The van der Waals surface area contributed by atoms with E-state index in [0.717, 1.165) is 37.4 Å². The molecule has 3 nitrogen and oxygen atoms in total. The van der Waals surface area contributed by atoms with Crippen LogP contribution in [-0.2, 0) is 0 Å². The molecule has 0 radical (unpaired) electrons. The lowest BCUT2D eigenvalue weighted by molar-refractivity contribution is 0.277. The van der Waals surface area contributed by atoms with Crippen molar-refractivity contribution >= 4 is 5.96 Å². The van der Waals surface area contributed by atoms with E-state index in [1.807, 2.05) is 0 Å². The van der Waals surface area contributed by atoms with Crippen LogP contribution >= 0.6 is 0 Å². The Hall–Kier alpha value is -2.02. The molecular formula is C16H20FN3. The summed E-state index contributed by atoms with van der Waals surface area (Å²) in [6, 6.07) is 5.60. The van der Waals surface area contributed by atoms with Crippen LogP contribution in [0.25, 0.3) is 0 Å². The highest BCUT2D eigenvalue weighted by molar-refractivity contribution is 5.78. The number of nitrogens with zero attached hydrogens (tertiary/aromatic N) is 2. The molecule has 1 aliphatic rings. The van der Waals surface area contributed by atoms with Crippen LogP contribution in [0.5, 0.6) is 0 Å². The predicted molar refractivity (Wildman–Crippen MR) is 79.6 cm³/mol. The van der Waals surface area contributed by atoms with Crippen molar-refractivity contribution in [3.05, 3.63) is 35.6 Å². The fraction of sp³-hybridized carbons (Fsp3) is 0.438. The summed E-state index contributed by atoms with van der Waals surface area (Å²) < 4.78 is 12.9. The number of terminal acetylenes is 1. The Morgan fingerprint density at radius 3 is 2.55 bits per heavy atom. The molecule has 1 saturated heterocycles. The molecule has 2 N–H and O–H groups in total. The monoisotopic (exact) mass is 273 g/mol. The topological polar surface area (TPSA) is 41.6 Å². The molecule has 1 aromatic carbocycles. The minimum atomic E-state index is -0.463. The minimum absolute atomic E-state index is 0.286. The molecule has 1 unspecified atom stereocenters. The molecule has 0 aromatic heterocycles. The number of hydrogen-bond donors (Lipinski definition) is 1. The number of aliphatic imine (C=N–C) groups is 1. The molecule has 0 aliphatic carbocycles. The molecule has 1 aliphatic heterocycles. The van der Waals surface area contributed by atoms with Crippen molar-refractivity contribution < 1.29 is 4.39 Å². The van der Waals surface area contributed by atoms with Crippen molar-refractivity contribution in [1.82, 2.24) is 4.90 Å². The van der Waals surface area contributed by atoms with Gasteiger partial charge in [-0.2, -0.15) is 0 Å². The van der Waals surface area contributed by atoms with Crippen LogP contribution < -0.4 is 5.73 Å². The second-order valence-corrected chi connectivity index (χ2v) is 5.28. The first kappa shape index (κ1) is 14.4. The van der Waals surface area contributed by atoms with E-state index in [1.54, 1.807) is 12.1 Å². The van der Waals surface area contributed by atoms with E-state index in [4.69, 9.17) is 12.2 Å². The molecule has 0 bridgehead atoms. The maximum Gasteiger partial charge on any atom is 0.192 e. The van der Waals surface area contributed by atoms with Crippen molar-refractivity contribution in [2.24, 2.45) is 16.6 Å². The van der Waals surface area contributed by atoms with Crippen LogP contribution in [0.15, 0.2) is 29.3 Å². The number of likely N-dealkylation sites (tertiary alicyclic amines) is 1. The molecule has 4 heteroatoms. The van der Waals surface area contributed by atoms with Crippen LogP contribution in [-0.4, -0.2) is 23.9 Å². The van der Waals surface area contributed by atoms with E-state index < -0.39 is 6.04 Å². The van der Waals surface area contributed by atoms with Crippen molar-refractivity contribution in [3.8, 4) is 12.3 Å². The average molecular weight is 273 g/mol. The highest BCUT2D eigenvalue weighted by atomic mass is 19.1. The number of rotatable bonds is 2. The number of guanidine groups is 1. The Kier molecular flexibility index (Phi) is 4.62. The summed E-state index contributed by atoms with van der Waals surface area (Å²) in [5.41, 5.74) is 6.82. The van der Waals surface area contributed by atoms with Crippen LogP contribution in [0.1, 0.15) is 31.4 Å². The maximum atomic E-state index is 12.9. The van der Waals surface area contributed by atoms with Gasteiger partial charge >= 0.3 is 0 Å². The van der Waals surface area contributed by atoms with Crippen molar-refractivity contribution in [2.45, 2.75) is 25.8 Å². The van der Waals surface area contributed by atoms with E-state index in [2.05, 4.69) is 22.7 Å². The zero-order valence-electron chi connectivity index (χ0n) is 11.7. The lowest BCUT2D eigenvalue weighted by atomic mass is 9.99. The zero-order chi connectivity index (χ0) is 14.5. The second-order valence-electron chi connectivity index (χ2n) is 5.28. The second kappa shape index (κ2) is 6.42. The average Bonchev–Trinajstić information content (AvgIpc) is 2.46. The first-order valence-corrected chi connectivity index (χ1v) is 6.90. The maximum absolute atomic E-state index is 12.9. The number of halogens is 1. The van der Waals surface area contributed by atoms with Crippen LogP contribution in [0.3, 0.4) is 0 Å². The normalized spacial score (nSPS) is 18.6. The summed E-state index contributed by atoms with van der Waals surface area (Å²) in [5.74, 6) is 3.53. The van der Waals surface area contributed by atoms with Gasteiger partial charge in [0.1, 0.15) is 11.9 Å². The zero-order valence-corrected chi connectivity index (χ0v) is 11.7. The fourth-order valence-corrected chi connectivity index (χ4v) is 2.30. The molecule has 0 saturated carbocycles. The highest BCUT2D eigenvalue weighted by Crippen LogP contribution is 2.19.